The maximum absolute atomic E-state index is 9.15. The molecule has 0 bridgehead atoms. The number of furan rings is 1. The second kappa shape index (κ2) is 7.71. The highest BCUT2D eigenvalue weighted by Gasteiger charge is 2.15. The van der Waals surface area contributed by atoms with Crippen LogP contribution >= 0.6 is 11.6 Å². The van der Waals surface area contributed by atoms with Gasteiger partial charge in [0.05, 0.1) is 26.0 Å². The Balaban J connectivity index is 1.88. The fraction of sp³-hybridized carbons (Fsp3) is 0. The molecule has 0 saturated carbocycles. The highest BCUT2D eigenvalue weighted by atomic mass is 35.5. The van der Waals surface area contributed by atoms with Crippen LogP contribution in [0.25, 0.3) is 55.3 Å². The molecule has 6 aromatic rings. The molecule has 0 saturated heterocycles. The van der Waals surface area contributed by atoms with Gasteiger partial charge in [-0.05, 0) is 40.4 Å². The average Bonchev–Trinajstić information content (AvgIpc) is 3.49. The first-order valence-electron chi connectivity index (χ1n) is 18.6. The van der Waals surface area contributed by atoms with Crippen LogP contribution in [0, 0.1) is 0 Å². The highest BCUT2D eigenvalue weighted by molar-refractivity contribution is 6.30. The smallest absolute Gasteiger partial charge is 0.143 e. The van der Waals surface area contributed by atoms with E-state index < -0.39 is 175 Å². The fourth-order valence-electron chi connectivity index (χ4n) is 3.21. The second-order valence-corrected chi connectivity index (χ2v) is 6.83. The van der Waals surface area contributed by atoms with Gasteiger partial charge < -0.3 is 4.42 Å². The van der Waals surface area contributed by atoms with E-state index in [1.54, 1.807) is 0 Å². The summed E-state index contributed by atoms with van der Waals surface area (Å²) in [6, 6.07) is -15.1. The summed E-state index contributed by atoms with van der Waals surface area (Å²) in [4.78, 5) is 0. The molecule has 5 aromatic carbocycles. The van der Waals surface area contributed by atoms with Crippen molar-refractivity contribution in [2.24, 2.45) is 0 Å². The van der Waals surface area contributed by atoms with Crippen molar-refractivity contribution in [2.75, 3.05) is 0 Å². The van der Waals surface area contributed by atoms with Crippen LogP contribution in [-0.2, 0) is 0 Å². The predicted molar refractivity (Wildman–Crippen MR) is 135 cm³/mol. The van der Waals surface area contributed by atoms with Crippen LogP contribution in [-0.4, -0.2) is 0 Å². The van der Waals surface area contributed by atoms with Crippen LogP contribution in [0.2, 0.25) is 5.02 Å². The number of fused-ring (bicyclic) bond motifs is 3. The summed E-state index contributed by atoms with van der Waals surface area (Å²) in [7, 11) is 0. The van der Waals surface area contributed by atoms with Gasteiger partial charge in [-0.3, -0.25) is 0 Å². The van der Waals surface area contributed by atoms with Gasteiger partial charge in [-0.25, -0.2) is 0 Å². The van der Waals surface area contributed by atoms with E-state index in [0.717, 1.165) is 0 Å². The third-order valence-corrected chi connectivity index (χ3v) is 4.77. The Hall–Kier alpha value is -3.81. The summed E-state index contributed by atoms with van der Waals surface area (Å²) in [5.74, 6) is 0. The van der Waals surface area contributed by atoms with Gasteiger partial charge >= 0.3 is 0 Å². The molecule has 0 N–H and O–H groups in total. The van der Waals surface area contributed by atoms with Crippen LogP contribution < -0.4 is 0 Å². The predicted octanol–water partition coefficient (Wildman–Crippen LogP) is 9.24. The summed E-state index contributed by atoms with van der Waals surface area (Å²) >= 11 is 6.10. The first-order chi connectivity index (χ1) is 23.7. The van der Waals surface area contributed by atoms with E-state index in [9.17, 15) is 0 Å². The topological polar surface area (TPSA) is 13.1 Å². The molecule has 0 radical (unpaired) electrons. The van der Waals surface area contributed by atoms with Gasteiger partial charge in [0.15, 0.2) is 0 Å². The minimum atomic E-state index is -0.888. The maximum Gasteiger partial charge on any atom is 0.143 e. The molecule has 0 aliphatic carbocycles. The molecule has 152 valence electrons. The zero-order chi connectivity index (χ0) is 38.0. The number of hydrogen-bond acceptors (Lipinski definition) is 1. The SMILES string of the molecule is [2H]c1c([2H])c([2H])c(-c2c([2H])c([2H])c([2H])c3c2oc2c(-c4c([2H])c([2H])c([2H])c(-c5c([2H])c([2H])c([2H])c(Cl)c5[2H])c4[2H])c([2H])c([2H])c([2H])c23)c([2H])c1[2H]. The van der Waals surface area contributed by atoms with Crippen LogP contribution in [0.1, 0.15) is 26.0 Å². The van der Waals surface area contributed by atoms with Crippen LogP contribution in [0.15, 0.2) is 119 Å². The first-order valence-corrected chi connectivity index (χ1v) is 9.48. The standard InChI is InChI=1S/C30H19ClO/c31-24-13-5-11-22(19-24)21-10-4-12-23(18-21)26-15-7-17-28-27-16-6-14-25(29(27)32-30(26)28)20-8-2-1-3-9-20/h1-19H/i1D,2D,3D,4D,5D,6D,7D,8D,9D,10D,11D,12D,13D,14D,15D,16D,17D,18D,19D. The van der Waals surface area contributed by atoms with Crippen LogP contribution in [0.5, 0.6) is 0 Å². The Bertz CT molecular complexity index is 2540. The summed E-state index contributed by atoms with van der Waals surface area (Å²) in [5.41, 5.74) is -4.78. The minimum Gasteiger partial charge on any atom is -0.455 e. The normalized spacial score (nSPS) is 19.6. The van der Waals surface area contributed by atoms with E-state index in [4.69, 9.17) is 42.1 Å². The van der Waals surface area contributed by atoms with Gasteiger partial charge in [0.2, 0.25) is 0 Å². The number of hydrogen-bond donors (Lipinski definition) is 0. The molecule has 1 aromatic heterocycles. The molecule has 0 fully saturated rings. The lowest BCUT2D eigenvalue weighted by Gasteiger charge is -2.07. The molecule has 6 rings (SSSR count). The lowest BCUT2D eigenvalue weighted by Crippen LogP contribution is -1.82. The van der Waals surface area contributed by atoms with Gasteiger partial charge in [0, 0.05) is 26.9 Å². The Morgan fingerprint density at radius 2 is 1.03 bits per heavy atom. The summed E-state index contributed by atoms with van der Waals surface area (Å²) in [6.07, 6.45) is 0. The van der Waals surface area contributed by atoms with E-state index in [-0.39, 0.29) is 0 Å². The lowest BCUT2D eigenvalue weighted by atomic mass is 9.97. The molecule has 0 aliphatic heterocycles. The molecular formula is C30H19ClO. The van der Waals surface area contributed by atoms with E-state index >= 15 is 0 Å². The Morgan fingerprint density at radius 1 is 0.500 bits per heavy atom. The molecule has 2 heteroatoms. The van der Waals surface area contributed by atoms with Gasteiger partial charge in [0.1, 0.15) is 11.2 Å². The number of rotatable bonds is 3. The minimum absolute atomic E-state index is 0.424. The third kappa shape index (κ3) is 3.19. The Labute approximate surface area is 218 Å². The monoisotopic (exact) mass is 449 g/mol. The summed E-state index contributed by atoms with van der Waals surface area (Å²) in [5, 5.41) is -1.46. The quantitative estimate of drug-likeness (QED) is 0.262. The largest absolute Gasteiger partial charge is 0.455 e. The zero-order valence-electron chi connectivity index (χ0n) is 34.8. The van der Waals surface area contributed by atoms with Crippen molar-refractivity contribution in [3.05, 3.63) is 120 Å². The first kappa shape index (κ1) is 7.65. The van der Waals surface area contributed by atoms with Gasteiger partial charge in [-0.15, -0.1) is 0 Å². The molecule has 0 amide bonds. The highest BCUT2D eigenvalue weighted by Crippen LogP contribution is 2.40. The van der Waals surface area contributed by atoms with E-state index in [1.807, 2.05) is 0 Å². The van der Waals surface area contributed by atoms with E-state index in [1.165, 1.54) is 0 Å². The second-order valence-electron chi connectivity index (χ2n) is 6.45. The molecule has 0 atom stereocenters. The number of para-hydroxylation sites is 2. The molecule has 32 heavy (non-hydrogen) atoms. The lowest BCUT2D eigenvalue weighted by molar-refractivity contribution is 0.671. The fourth-order valence-corrected chi connectivity index (χ4v) is 3.36. The zero-order valence-corrected chi connectivity index (χ0v) is 16.5. The molecule has 0 unspecified atom stereocenters. The molecular weight excluding hydrogens is 412 g/mol. The number of halogens is 1. The molecule has 0 spiro atoms. The Morgan fingerprint density at radius 3 is 1.75 bits per heavy atom. The van der Waals surface area contributed by atoms with Crippen molar-refractivity contribution in [1.29, 1.82) is 0 Å². The van der Waals surface area contributed by atoms with Crippen molar-refractivity contribution in [2.45, 2.75) is 0 Å². The van der Waals surface area contributed by atoms with Crippen molar-refractivity contribution in [3.8, 4) is 33.4 Å². The van der Waals surface area contributed by atoms with Crippen LogP contribution in [0.4, 0.5) is 0 Å². The third-order valence-electron chi connectivity index (χ3n) is 4.58. The van der Waals surface area contributed by atoms with Crippen molar-refractivity contribution in [1.82, 2.24) is 0 Å². The summed E-state index contributed by atoms with van der Waals surface area (Å²) in [6.45, 7) is 0. The Kier molecular flexibility index (Phi) is 1.84. The van der Waals surface area contributed by atoms with Crippen LogP contribution in [0.3, 0.4) is 0 Å². The van der Waals surface area contributed by atoms with Crippen molar-refractivity contribution >= 4 is 33.5 Å². The van der Waals surface area contributed by atoms with E-state index in [2.05, 4.69) is 0 Å². The maximum atomic E-state index is 9.15. The summed E-state index contributed by atoms with van der Waals surface area (Å²) < 4.78 is 168. The average molecular weight is 450 g/mol. The molecule has 1 heterocycles. The van der Waals surface area contributed by atoms with Crippen molar-refractivity contribution in [3.63, 3.8) is 0 Å². The van der Waals surface area contributed by atoms with Gasteiger partial charge in [-0.2, -0.15) is 0 Å². The van der Waals surface area contributed by atoms with Gasteiger partial charge in [-0.1, -0.05) is 108 Å². The van der Waals surface area contributed by atoms with Gasteiger partial charge in [0.25, 0.3) is 0 Å². The van der Waals surface area contributed by atoms with E-state index in [0.29, 0.717) is 0 Å². The molecule has 1 nitrogen and oxygen atoms in total. The number of benzene rings is 5. The van der Waals surface area contributed by atoms with Crippen molar-refractivity contribution < 1.29 is 30.5 Å². The molecule has 0 aliphatic rings.